The second-order valence-corrected chi connectivity index (χ2v) is 4.03. The molecule has 1 saturated heterocycles. The van der Waals surface area contributed by atoms with Gasteiger partial charge in [-0.15, -0.1) is 0 Å². The van der Waals surface area contributed by atoms with Gasteiger partial charge in [0.25, 0.3) is 0 Å². The fourth-order valence-corrected chi connectivity index (χ4v) is 1.93. The zero-order valence-corrected chi connectivity index (χ0v) is 9.83. The zero-order valence-electron chi connectivity index (χ0n) is 9.83. The molecule has 1 heterocycles. The Morgan fingerprint density at radius 2 is 2.11 bits per heavy atom. The third kappa shape index (κ3) is 3.17. The van der Waals surface area contributed by atoms with Crippen molar-refractivity contribution in [3.63, 3.8) is 0 Å². The zero-order chi connectivity index (χ0) is 13.7. The Hall–Kier alpha value is -1.67. The van der Waals surface area contributed by atoms with Gasteiger partial charge in [0, 0.05) is 6.54 Å². The third-order valence-corrected chi connectivity index (χ3v) is 2.82. The molecule has 0 bridgehead atoms. The molecule has 1 fully saturated rings. The van der Waals surface area contributed by atoms with Crippen LogP contribution in [0.2, 0.25) is 0 Å². The number of hydrogen-bond acceptors (Lipinski definition) is 5. The highest BCUT2D eigenvalue weighted by Crippen LogP contribution is 2.18. The van der Waals surface area contributed by atoms with Crippen LogP contribution in [0.3, 0.4) is 0 Å². The molecule has 1 aliphatic rings. The van der Waals surface area contributed by atoms with Gasteiger partial charge in [-0.2, -0.15) is 0 Å². The summed E-state index contributed by atoms with van der Waals surface area (Å²) in [5.74, 6) is -2.25. The van der Waals surface area contributed by atoms with Crippen molar-refractivity contribution in [1.29, 1.82) is 0 Å². The molecular weight excluding hydrogens is 242 g/mol. The lowest BCUT2D eigenvalue weighted by atomic mass is 10.2. The molecule has 102 valence electrons. The Morgan fingerprint density at radius 1 is 1.44 bits per heavy atom. The number of likely N-dealkylation sites (tertiary alicyclic amines) is 1. The summed E-state index contributed by atoms with van der Waals surface area (Å²) in [7, 11) is 0. The molecule has 8 heteroatoms. The van der Waals surface area contributed by atoms with Gasteiger partial charge in [0.05, 0.1) is 13.2 Å². The summed E-state index contributed by atoms with van der Waals surface area (Å²) in [6.45, 7) is -0.579. The van der Waals surface area contributed by atoms with Gasteiger partial charge >= 0.3 is 5.97 Å². The number of nitrogens with two attached hydrogens (primary N) is 1. The standard InChI is InChI=1S/C10H17N3O5/c11-4-8(15)12-6(5-14)9(16)13-3-1-2-7(13)10(17)18/h6-7,14H,1-5,11H2,(H,12,15)(H,17,18)/t6-,7+/m0/s1. The fraction of sp³-hybridized carbons (Fsp3) is 0.700. The Kier molecular flexibility index (Phi) is 5.05. The Bertz CT molecular complexity index is 346. The molecular formula is C10H17N3O5. The molecule has 0 aliphatic carbocycles. The van der Waals surface area contributed by atoms with Gasteiger partial charge in [-0.05, 0) is 12.8 Å². The number of aliphatic hydroxyl groups excluding tert-OH is 1. The largest absolute Gasteiger partial charge is 0.480 e. The topological polar surface area (TPSA) is 133 Å². The first-order valence-electron chi connectivity index (χ1n) is 5.64. The van der Waals surface area contributed by atoms with Crippen LogP contribution in [0.4, 0.5) is 0 Å². The summed E-state index contributed by atoms with van der Waals surface area (Å²) in [5, 5.41) is 20.3. The summed E-state index contributed by atoms with van der Waals surface area (Å²) >= 11 is 0. The number of aliphatic hydroxyl groups is 1. The Labute approximate surface area is 104 Å². The molecule has 18 heavy (non-hydrogen) atoms. The molecule has 0 radical (unpaired) electrons. The summed E-state index contributed by atoms with van der Waals surface area (Å²) < 4.78 is 0. The first-order chi connectivity index (χ1) is 8.51. The van der Waals surface area contributed by atoms with Crippen molar-refractivity contribution in [3.8, 4) is 0 Å². The van der Waals surface area contributed by atoms with Crippen molar-refractivity contribution < 1.29 is 24.6 Å². The highest BCUT2D eigenvalue weighted by atomic mass is 16.4. The SMILES string of the molecule is NCC(=O)N[C@@H](CO)C(=O)N1CCC[C@@H]1C(=O)O. The Balaban J connectivity index is 2.71. The average Bonchev–Trinajstić information content (AvgIpc) is 2.83. The monoisotopic (exact) mass is 259 g/mol. The summed E-state index contributed by atoms with van der Waals surface area (Å²) in [5.41, 5.74) is 5.09. The minimum atomic E-state index is -1.14. The maximum atomic E-state index is 12.0. The highest BCUT2D eigenvalue weighted by Gasteiger charge is 2.37. The van der Waals surface area contributed by atoms with Crippen molar-refractivity contribution in [2.45, 2.75) is 24.9 Å². The first kappa shape index (κ1) is 14.4. The number of hydrogen-bond donors (Lipinski definition) is 4. The quantitative estimate of drug-likeness (QED) is 0.431. The molecule has 5 N–H and O–H groups in total. The van der Waals surface area contributed by atoms with E-state index < -0.39 is 36.5 Å². The van der Waals surface area contributed by atoms with E-state index in [-0.39, 0.29) is 6.54 Å². The molecule has 0 aromatic rings. The predicted molar refractivity (Wildman–Crippen MR) is 60.4 cm³/mol. The second-order valence-electron chi connectivity index (χ2n) is 4.03. The van der Waals surface area contributed by atoms with Crippen LogP contribution in [0, 0.1) is 0 Å². The van der Waals surface area contributed by atoms with E-state index in [1.807, 2.05) is 0 Å². The number of amides is 2. The van der Waals surface area contributed by atoms with E-state index in [9.17, 15) is 14.4 Å². The normalized spacial score (nSPS) is 20.6. The van der Waals surface area contributed by atoms with Crippen LogP contribution in [-0.2, 0) is 14.4 Å². The van der Waals surface area contributed by atoms with E-state index in [0.29, 0.717) is 19.4 Å². The van der Waals surface area contributed by atoms with Crippen LogP contribution in [0.25, 0.3) is 0 Å². The molecule has 0 aromatic carbocycles. The maximum Gasteiger partial charge on any atom is 0.326 e. The van der Waals surface area contributed by atoms with Crippen LogP contribution >= 0.6 is 0 Å². The summed E-state index contributed by atoms with van der Waals surface area (Å²) in [6.07, 6.45) is 0.968. The number of carboxylic acids is 1. The van der Waals surface area contributed by atoms with Crippen molar-refractivity contribution in [2.75, 3.05) is 19.7 Å². The van der Waals surface area contributed by atoms with Crippen molar-refractivity contribution in [2.24, 2.45) is 5.73 Å². The molecule has 0 saturated carbocycles. The van der Waals surface area contributed by atoms with E-state index in [2.05, 4.69) is 5.32 Å². The third-order valence-electron chi connectivity index (χ3n) is 2.82. The fourth-order valence-electron chi connectivity index (χ4n) is 1.93. The van der Waals surface area contributed by atoms with Gasteiger partial charge in [-0.25, -0.2) is 4.79 Å². The van der Waals surface area contributed by atoms with E-state index in [1.165, 1.54) is 4.90 Å². The van der Waals surface area contributed by atoms with Crippen molar-refractivity contribution in [1.82, 2.24) is 10.2 Å². The van der Waals surface area contributed by atoms with Crippen LogP contribution in [0.1, 0.15) is 12.8 Å². The minimum Gasteiger partial charge on any atom is -0.480 e. The molecule has 1 rings (SSSR count). The van der Waals surface area contributed by atoms with Crippen molar-refractivity contribution in [3.05, 3.63) is 0 Å². The number of aliphatic carboxylic acids is 1. The molecule has 0 unspecified atom stereocenters. The van der Waals surface area contributed by atoms with Gasteiger partial charge in [0.15, 0.2) is 0 Å². The lowest BCUT2D eigenvalue weighted by Gasteiger charge is -2.26. The number of nitrogens with zero attached hydrogens (tertiary/aromatic N) is 1. The predicted octanol–water partition coefficient (Wildman–Crippen LogP) is -2.50. The van der Waals surface area contributed by atoms with Gasteiger partial charge in [-0.3, -0.25) is 9.59 Å². The number of carbonyl (C=O) groups is 3. The number of rotatable bonds is 5. The van der Waals surface area contributed by atoms with Crippen molar-refractivity contribution >= 4 is 17.8 Å². The molecule has 2 atom stereocenters. The summed E-state index contributed by atoms with van der Waals surface area (Å²) in [4.78, 5) is 35.2. The average molecular weight is 259 g/mol. The first-order valence-corrected chi connectivity index (χ1v) is 5.64. The van der Waals surface area contributed by atoms with Gasteiger partial charge in [-0.1, -0.05) is 0 Å². The number of nitrogens with one attached hydrogen (secondary N) is 1. The second kappa shape index (κ2) is 6.31. The Morgan fingerprint density at radius 3 is 2.61 bits per heavy atom. The lowest BCUT2D eigenvalue weighted by Crippen LogP contribution is -2.54. The minimum absolute atomic E-state index is 0.299. The van der Waals surface area contributed by atoms with Gasteiger partial charge < -0.3 is 26.2 Å². The van der Waals surface area contributed by atoms with Crippen LogP contribution in [0.5, 0.6) is 0 Å². The molecule has 8 nitrogen and oxygen atoms in total. The van der Waals surface area contributed by atoms with E-state index in [1.54, 1.807) is 0 Å². The van der Waals surface area contributed by atoms with Crippen LogP contribution in [-0.4, -0.2) is 64.7 Å². The highest BCUT2D eigenvalue weighted by molar-refractivity contribution is 5.91. The maximum absolute atomic E-state index is 12.0. The smallest absolute Gasteiger partial charge is 0.326 e. The molecule has 2 amide bonds. The number of carbonyl (C=O) groups excluding carboxylic acids is 2. The number of carboxylic acid groups (broad SMARTS) is 1. The van der Waals surface area contributed by atoms with E-state index in [4.69, 9.17) is 15.9 Å². The van der Waals surface area contributed by atoms with Gasteiger partial charge in [0.1, 0.15) is 12.1 Å². The van der Waals surface area contributed by atoms with Gasteiger partial charge in [0.2, 0.25) is 11.8 Å². The van der Waals surface area contributed by atoms with E-state index in [0.717, 1.165) is 0 Å². The lowest BCUT2D eigenvalue weighted by molar-refractivity contribution is -0.149. The molecule has 1 aliphatic heterocycles. The van der Waals surface area contributed by atoms with Crippen LogP contribution in [0.15, 0.2) is 0 Å². The molecule has 0 spiro atoms. The summed E-state index contributed by atoms with van der Waals surface area (Å²) in [6, 6.07) is -2.03. The van der Waals surface area contributed by atoms with E-state index >= 15 is 0 Å². The molecule has 0 aromatic heterocycles. The van der Waals surface area contributed by atoms with Crippen LogP contribution < -0.4 is 11.1 Å².